The molecule has 2 aromatic carbocycles. The second-order valence-corrected chi connectivity index (χ2v) is 6.10. The molecule has 0 fully saturated rings. The summed E-state index contributed by atoms with van der Waals surface area (Å²) in [5, 5.41) is 2.63. The fraction of sp³-hybridized carbons (Fsp3) is 0.250. The number of Topliss-reactive ketones (excluding diaryl/α,β-unsaturated/α-hetero) is 1. The van der Waals surface area contributed by atoms with Crippen molar-refractivity contribution in [2.45, 2.75) is 19.9 Å². The molecule has 136 valence electrons. The zero-order valence-corrected chi connectivity index (χ0v) is 14.6. The number of nitrogens with one attached hydrogen (secondary N) is 1. The second-order valence-electron chi connectivity index (χ2n) is 6.10. The quantitative estimate of drug-likeness (QED) is 0.611. The Bertz CT molecular complexity index is 772. The number of benzene rings is 2. The molecule has 1 N–H and O–H groups in total. The third-order valence-electron chi connectivity index (χ3n) is 3.75. The number of halogens is 1. The summed E-state index contributed by atoms with van der Waals surface area (Å²) >= 11 is 0. The van der Waals surface area contributed by atoms with Crippen LogP contribution in [0.5, 0.6) is 0 Å². The highest BCUT2D eigenvalue weighted by Gasteiger charge is 2.26. The lowest BCUT2D eigenvalue weighted by atomic mass is 10.0. The molecule has 6 heteroatoms. The van der Waals surface area contributed by atoms with Crippen LogP contribution in [0.25, 0.3) is 0 Å². The van der Waals surface area contributed by atoms with Gasteiger partial charge in [-0.1, -0.05) is 32.0 Å². The Morgan fingerprint density at radius 3 is 2.15 bits per heavy atom. The Labute approximate surface area is 151 Å². The topological polar surface area (TPSA) is 72.5 Å². The normalized spacial score (nSPS) is 11.7. The minimum absolute atomic E-state index is 0.226. The van der Waals surface area contributed by atoms with Crippen molar-refractivity contribution in [1.29, 1.82) is 0 Å². The van der Waals surface area contributed by atoms with Crippen LogP contribution in [0.1, 0.15) is 34.6 Å². The number of carbonyl (C=O) groups excluding carboxylic acids is 3. The van der Waals surface area contributed by atoms with Crippen molar-refractivity contribution < 1.29 is 23.5 Å². The zero-order chi connectivity index (χ0) is 19.1. The van der Waals surface area contributed by atoms with Crippen LogP contribution < -0.4 is 5.32 Å². The number of rotatable bonds is 7. The fourth-order valence-electron chi connectivity index (χ4n) is 2.26. The Morgan fingerprint density at radius 2 is 1.58 bits per heavy atom. The monoisotopic (exact) mass is 357 g/mol. The van der Waals surface area contributed by atoms with E-state index in [4.69, 9.17) is 4.74 Å². The van der Waals surface area contributed by atoms with Crippen LogP contribution in [0, 0.1) is 11.7 Å². The van der Waals surface area contributed by atoms with Gasteiger partial charge in [0, 0.05) is 11.1 Å². The molecule has 0 aliphatic carbocycles. The Morgan fingerprint density at radius 1 is 0.962 bits per heavy atom. The van der Waals surface area contributed by atoms with Crippen LogP contribution >= 0.6 is 0 Å². The summed E-state index contributed by atoms with van der Waals surface area (Å²) < 4.78 is 17.9. The summed E-state index contributed by atoms with van der Waals surface area (Å²) in [4.78, 5) is 36.5. The predicted molar refractivity (Wildman–Crippen MR) is 94.2 cm³/mol. The van der Waals surface area contributed by atoms with Crippen LogP contribution in [0.3, 0.4) is 0 Å². The van der Waals surface area contributed by atoms with Crippen molar-refractivity contribution in [3.05, 3.63) is 71.5 Å². The van der Waals surface area contributed by atoms with Crippen molar-refractivity contribution in [2.75, 3.05) is 6.61 Å². The molecular formula is C20H20FNO4. The number of esters is 1. The fourth-order valence-corrected chi connectivity index (χ4v) is 2.26. The summed E-state index contributed by atoms with van der Waals surface area (Å²) in [5.41, 5.74) is 0.668. The van der Waals surface area contributed by atoms with E-state index >= 15 is 0 Å². The highest BCUT2D eigenvalue weighted by Crippen LogP contribution is 2.08. The summed E-state index contributed by atoms with van der Waals surface area (Å²) in [6.45, 7) is 3.05. The van der Waals surface area contributed by atoms with Gasteiger partial charge in [0.25, 0.3) is 5.91 Å². The van der Waals surface area contributed by atoms with Crippen molar-refractivity contribution >= 4 is 17.7 Å². The number of hydrogen-bond donors (Lipinski definition) is 1. The summed E-state index contributed by atoms with van der Waals surface area (Å²) in [7, 11) is 0. The average Bonchev–Trinajstić information content (AvgIpc) is 2.64. The Kier molecular flexibility index (Phi) is 6.60. The van der Waals surface area contributed by atoms with Gasteiger partial charge < -0.3 is 10.1 Å². The molecule has 26 heavy (non-hydrogen) atoms. The molecule has 2 aromatic rings. The van der Waals surface area contributed by atoms with Crippen molar-refractivity contribution in [3.8, 4) is 0 Å². The van der Waals surface area contributed by atoms with E-state index in [1.807, 2.05) is 0 Å². The van der Waals surface area contributed by atoms with Crippen LogP contribution in [0.4, 0.5) is 4.39 Å². The molecule has 1 amide bonds. The molecule has 0 spiro atoms. The van der Waals surface area contributed by atoms with Crippen LogP contribution in [0.2, 0.25) is 0 Å². The molecule has 0 saturated heterocycles. The number of amides is 1. The van der Waals surface area contributed by atoms with Crippen LogP contribution in [0.15, 0.2) is 54.6 Å². The molecule has 0 aliphatic rings. The summed E-state index contributed by atoms with van der Waals surface area (Å²) in [6, 6.07) is 12.6. The van der Waals surface area contributed by atoms with Gasteiger partial charge in [0.05, 0.1) is 0 Å². The van der Waals surface area contributed by atoms with Crippen LogP contribution in [-0.4, -0.2) is 30.3 Å². The van der Waals surface area contributed by atoms with Gasteiger partial charge in [0.15, 0.2) is 12.4 Å². The van der Waals surface area contributed by atoms with E-state index in [9.17, 15) is 18.8 Å². The third kappa shape index (κ3) is 5.24. The van der Waals surface area contributed by atoms with Crippen molar-refractivity contribution in [2.24, 2.45) is 5.92 Å². The van der Waals surface area contributed by atoms with Gasteiger partial charge >= 0.3 is 5.97 Å². The lowest BCUT2D eigenvalue weighted by Gasteiger charge is -2.20. The SMILES string of the molecule is CC(C)[C@H](NC(=O)c1ccccc1)C(=O)OCC(=O)c1ccc(F)cc1. The molecule has 0 radical (unpaired) electrons. The van der Waals surface area contributed by atoms with Gasteiger partial charge in [-0.3, -0.25) is 9.59 Å². The molecule has 5 nitrogen and oxygen atoms in total. The Balaban J connectivity index is 1.96. The predicted octanol–water partition coefficient (Wildman–Crippen LogP) is 3.01. The molecule has 0 unspecified atom stereocenters. The lowest BCUT2D eigenvalue weighted by molar-refractivity contribution is -0.145. The van der Waals surface area contributed by atoms with Crippen LogP contribution in [-0.2, 0) is 9.53 Å². The van der Waals surface area contributed by atoms with Gasteiger partial charge in [0.2, 0.25) is 0 Å². The number of carbonyl (C=O) groups is 3. The van der Waals surface area contributed by atoms with Gasteiger partial charge in [-0.15, -0.1) is 0 Å². The highest BCUT2D eigenvalue weighted by atomic mass is 19.1. The summed E-state index contributed by atoms with van der Waals surface area (Å²) in [6.07, 6.45) is 0. The van der Waals surface area contributed by atoms with E-state index < -0.39 is 36.1 Å². The molecule has 0 heterocycles. The maximum absolute atomic E-state index is 12.9. The standard InChI is InChI=1S/C20H20FNO4/c1-13(2)18(22-19(24)15-6-4-3-5-7-15)20(25)26-12-17(23)14-8-10-16(21)11-9-14/h3-11,13,18H,12H2,1-2H3,(H,22,24)/t18-/m0/s1. The van der Waals surface area contributed by atoms with Crippen molar-refractivity contribution in [1.82, 2.24) is 5.32 Å². The van der Waals surface area contributed by atoms with E-state index in [-0.39, 0.29) is 11.5 Å². The largest absolute Gasteiger partial charge is 0.456 e. The van der Waals surface area contributed by atoms with Gasteiger partial charge in [-0.05, 0) is 42.3 Å². The van der Waals surface area contributed by atoms with E-state index in [0.717, 1.165) is 12.1 Å². The highest BCUT2D eigenvalue weighted by molar-refractivity contribution is 5.99. The van der Waals surface area contributed by atoms with Gasteiger partial charge in [0.1, 0.15) is 11.9 Å². The first-order chi connectivity index (χ1) is 12.4. The van der Waals surface area contributed by atoms with E-state index in [2.05, 4.69) is 5.32 Å². The van der Waals surface area contributed by atoms with Gasteiger partial charge in [-0.25, -0.2) is 9.18 Å². The molecule has 0 aliphatic heterocycles. The Hall–Kier alpha value is -3.02. The van der Waals surface area contributed by atoms with Gasteiger partial charge in [-0.2, -0.15) is 0 Å². The minimum Gasteiger partial charge on any atom is -0.456 e. The first-order valence-corrected chi connectivity index (χ1v) is 8.20. The molecular weight excluding hydrogens is 337 g/mol. The van der Waals surface area contributed by atoms with E-state index in [1.165, 1.54) is 12.1 Å². The smallest absolute Gasteiger partial charge is 0.329 e. The molecule has 0 saturated carbocycles. The average molecular weight is 357 g/mol. The molecule has 1 atom stereocenters. The number of hydrogen-bond acceptors (Lipinski definition) is 4. The lowest BCUT2D eigenvalue weighted by Crippen LogP contribution is -2.45. The minimum atomic E-state index is -0.885. The zero-order valence-electron chi connectivity index (χ0n) is 14.6. The number of ether oxygens (including phenoxy) is 1. The van der Waals surface area contributed by atoms with E-state index in [0.29, 0.717) is 5.56 Å². The summed E-state index contributed by atoms with van der Waals surface area (Å²) in [5.74, 6) is -2.22. The second kappa shape index (κ2) is 8.89. The first-order valence-electron chi connectivity index (χ1n) is 8.20. The third-order valence-corrected chi connectivity index (χ3v) is 3.75. The maximum atomic E-state index is 12.9. The molecule has 0 bridgehead atoms. The first kappa shape index (κ1) is 19.3. The van der Waals surface area contributed by atoms with E-state index in [1.54, 1.807) is 44.2 Å². The van der Waals surface area contributed by atoms with Crippen molar-refractivity contribution in [3.63, 3.8) is 0 Å². The molecule has 0 aromatic heterocycles. The number of ketones is 1. The maximum Gasteiger partial charge on any atom is 0.329 e. The molecule has 2 rings (SSSR count).